The summed E-state index contributed by atoms with van der Waals surface area (Å²) in [5.41, 5.74) is 0. The zero-order chi connectivity index (χ0) is 12.0. The van der Waals surface area contributed by atoms with Crippen molar-refractivity contribution in [3.8, 4) is 0 Å². The third-order valence-electron chi connectivity index (χ3n) is 2.17. The third-order valence-corrected chi connectivity index (χ3v) is 2.88. The van der Waals surface area contributed by atoms with E-state index in [0.29, 0.717) is 13.1 Å². The number of nitrogens with zero attached hydrogens (tertiary/aromatic N) is 2. The van der Waals surface area contributed by atoms with Gasteiger partial charge in [-0.05, 0) is 6.08 Å². The Labute approximate surface area is 118 Å². The van der Waals surface area contributed by atoms with Crippen LogP contribution in [0.2, 0.25) is 0 Å². The zero-order valence-electron chi connectivity index (χ0n) is 9.35. The van der Waals surface area contributed by atoms with Gasteiger partial charge < -0.3 is 22.6 Å². The van der Waals surface area contributed by atoms with Crippen molar-refractivity contribution in [3.05, 3.63) is 12.3 Å². The Bertz CT molecular complexity index is 274. The van der Waals surface area contributed by atoms with Crippen LogP contribution in [0.25, 0.3) is 0 Å². The lowest BCUT2D eigenvalue weighted by atomic mass is 10.3. The van der Waals surface area contributed by atoms with Gasteiger partial charge in [0.15, 0.2) is 0 Å². The molecule has 100 valence electrons. The predicted molar refractivity (Wildman–Crippen MR) is 65.4 cm³/mol. The van der Waals surface area contributed by atoms with Crippen LogP contribution >= 0.6 is 23.2 Å². The summed E-state index contributed by atoms with van der Waals surface area (Å²) in [6.07, 6.45) is 4.61. The molecule has 1 rings (SSSR count). The predicted octanol–water partition coefficient (Wildman–Crippen LogP) is -2.94. The summed E-state index contributed by atoms with van der Waals surface area (Å²) < 4.78 is 1.94. The van der Waals surface area contributed by atoms with E-state index in [9.17, 15) is 10.2 Å². The molecule has 0 aliphatic carbocycles. The highest BCUT2D eigenvalue weighted by Crippen LogP contribution is 1.99. The van der Waals surface area contributed by atoms with Crippen molar-refractivity contribution in [2.24, 2.45) is 0 Å². The highest BCUT2D eigenvalue weighted by Gasteiger charge is 2.17. The summed E-state index contributed by atoms with van der Waals surface area (Å²) in [5.74, 6) is 0.431. The van der Waals surface area contributed by atoms with Gasteiger partial charge in [-0.2, -0.15) is 0 Å². The molecule has 0 aromatic rings. The van der Waals surface area contributed by atoms with E-state index in [1.807, 2.05) is 28.1 Å². The van der Waals surface area contributed by atoms with E-state index in [4.69, 9.17) is 23.2 Å². The fourth-order valence-corrected chi connectivity index (χ4v) is 1.65. The van der Waals surface area contributed by atoms with Gasteiger partial charge in [0, 0.05) is 0 Å². The minimum Gasteiger partial charge on any atom is -1.00 e. The van der Waals surface area contributed by atoms with Gasteiger partial charge in [-0.15, -0.1) is 23.2 Å². The normalized spacial score (nSPS) is 18.4. The van der Waals surface area contributed by atoms with Crippen LogP contribution in [-0.4, -0.2) is 69.6 Å². The minimum absolute atomic E-state index is 0. The first-order chi connectivity index (χ1) is 7.65. The van der Waals surface area contributed by atoms with Gasteiger partial charge >= 0.3 is 0 Å². The molecule has 1 aliphatic heterocycles. The second-order valence-electron chi connectivity index (χ2n) is 3.77. The van der Waals surface area contributed by atoms with Gasteiger partial charge in [-0.25, -0.2) is 4.90 Å². The van der Waals surface area contributed by atoms with E-state index in [1.54, 1.807) is 0 Å². The molecule has 2 N–H and O–H groups in total. The summed E-state index contributed by atoms with van der Waals surface area (Å²) in [7, 11) is 0. The van der Waals surface area contributed by atoms with Crippen LogP contribution in [0.1, 0.15) is 0 Å². The number of β-amino-alcohol motifs (C(OH)–C–C–N with tert-alkyl or cyclic N) is 2. The molecule has 1 heterocycles. The lowest BCUT2D eigenvalue weighted by molar-refractivity contribution is -0.527. The first kappa shape index (κ1) is 17.0. The summed E-state index contributed by atoms with van der Waals surface area (Å²) in [6, 6.07) is 0. The number of hydrogen-bond donors (Lipinski definition) is 2. The molecular formula is C10H17Cl3N2O2. The van der Waals surface area contributed by atoms with Crippen LogP contribution in [0.15, 0.2) is 12.3 Å². The lowest BCUT2D eigenvalue weighted by Crippen LogP contribution is -3.00. The van der Waals surface area contributed by atoms with Crippen molar-refractivity contribution in [1.82, 2.24) is 4.90 Å². The molecule has 4 nitrogen and oxygen atoms in total. The van der Waals surface area contributed by atoms with E-state index in [0.717, 1.165) is 6.54 Å². The van der Waals surface area contributed by atoms with Gasteiger partial charge in [0.25, 0.3) is 0 Å². The summed E-state index contributed by atoms with van der Waals surface area (Å²) in [5, 5.41) is 18.8. The fraction of sp³-hybridized carbons (Fsp3) is 0.700. The Morgan fingerprint density at radius 3 is 2.47 bits per heavy atom. The van der Waals surface area contributed by atoms with Crippen LogP contribution in [-0.2, 0) is 0 Å². The largest absolute Gasteiger partial charge is 1.00 e. The van der Waals surface area contributed by atoms with Crippen LogP contribution in [0, 0.1) is 0 Å². The second kappa shape index (κ2) is 9.00. The molecule has 0 bridgehead atoms. The first-order valence-corrected chi connectivity index (χ1v) is 6.22. The Balaban J connectivity index is 0.00000256. The third kappa shape index (κ3) is 6.48. The average Bonchev–Trinajstić information content (AvgIpc) is 2.29. The molecule has 17 heavy (non-hydrogen) atoms. The van der Waals surface area contributed by atoms with E-state index in [2.05, 4.69) is 0 Å². The monoisotopic (exact) mass is 302 g/mol. The topological polar surface area (TPSA) is 46.7 Å². The number of rotatable bonds is 6. The van der Waals surface area contributed by atoms with E-state index < -0.39 is 12.2 Å². The van der Waals surface area contributed by atoms with Gasteiger partial charge in [-0.1, -0.05) is 0 Å². The lowest BCUT2D eigenvalue weighted by Gasteiger charge is -2.18. The smallest absolute Gasteiger partial charge is 0.239 e. The van der Waals surface area contributed by atoms with Crippen LogP contribution in [0.4, 0.5) is 0 Å². The molecule has 0 aromatic heterocycles. The average molecular weight is 304 g/mol. The van der Waals surface area contributed by atoms with E-state index >= 15 is 0 Å². The second-order valence-corrected chi connectivity index (χ2v) is 4.38. The number of hydrogen-bond acceptors (Lipinski definition) is 3. The fourth-order valence-electron chi connectivity index (χ4n) is 1.45. The highest BCUT2D eigenvalue weighted by atomic mass is 35.5. The molecule has 0 radical (unpaired) electrons. The van der Waals surface area contributed by atoms with Gasteiger partial charge in [-0.3, -0.25) is 4.58 Å². The maximum absolute atomic E-state index is 9.42. The zero-order valence-corrected chi connectivity index (χ0v) is 11.6. The molecule has 7 heteroatoms. The molecule has 0 saturated heterocycles. The molecule has 2 atom stereocenters. The molecule has 0 spiro atoms. The first-order valence-electron chi connectivity index (χ1n) is 5.15. The summed E-state index contributed by atoms with van der Waals surface area (Å²) in [4.78, 5) is 1.84. The molecule has 0 saturated carbocycles. The van der Waals surface area contributed by atoms with Crippen molar-refractivity contribution in [3.63, 3.8) is 0 Å². The van der Waals surface area contributed by atoms with E-state index in [1.165, 1.54) is 0 Å². The number of alkyl halides is 2. The molecule has 1 aliphatic rings. The number of aliphatic hydroxyl groups excluding tert-OH is 2. The Hall–Kier alpha value is -0.0000000000000000555. The highest BCUT2D eigenvalue weighted by molar-refractivity contribution is 6.18. The standard InChI is InChI=1S/C10H17Cl2N2O2.ClH/c11-4-9(15)6-13-2-1-3-14(8-13)7-10(16)5-12;/h1-2,8-10,15-16H,3-7H2;1H/q+1;/p-1. The molecule has 0 fully saturated rings. The minimum atomic E-state index is -0.555. The Morgan fingerprint density at radius 2 is 1.88 bits per heavy atom. The van der Waals surface area contributed by atoms with Gasteiger partial charge in [0.2, 0.25) is 6.34 Å². The molecule has 0 aromatic carbocycles. The maximum Gasteiger partial charge on any atom is 0.239 e. The molecular weight excluding hydrogens is 286 g/mol. The van der Waals surface area contributed by atoms with Crippen molar-refractivity contribution in [1.29, 1.82) is 0 Å². The van der Waals surface area contributed by atoms with Gasteiger partial charge in [0.1, 0.15) is 31.8 Å². The summed E-state index contributed by atoms with van der Waals surface area (Å²) in [6.45, 7) is 1.68. The number of halogens is 3. The van der Waals surface area contributed by atoms with Crippen molar-refractivity contribution >= 4 is 29.5 Å². The van der Waals surface area contributed by atoms with Crippen molar-refractivity contribution in [2.45, 2.75) is 12.2 Å². The Morgan fingerprint density at radius 1 is 1.24 bits per heavy atom. The molecule has 2 unspecified atom stereocenters. The Kier molecular flexibility index (Phi) is 9.00. The van der Waals surface area contributed by atoms with Crippen molar-refractivity contribution < 1.29 is 27.2 Å². The van der Waals surface area contributed by atoms with Crippen molar-refractivity contribution in [2.75, 3.05) is 31.4 Å². The number of aliphatic hydroxyl groups is 2. The quantitative estimate of drug-likeness (QED) is 0.408. The molecule has 0 amide bonds. The van der Waals surface area contributed by atoms with Crippen LogP contribution in [0.5, 0.6) is 0 Å². The van der Waals surface area contributed by atoms with E-state index in [-0.39, 0.29) is 24.2 Å². The maximum atomic E-state index is 9.42. The summed E-state index contributed by atoms with van der Waals surface area (Å²) >= 11 is 11.1. The van der Waals surface area contributed by atoms with Crippen LogP contribution < -0.4 is 12.4 Å². The van der Waals surface area contributed by atoms with Crippen LogP contribution in [0.3, 0.4) is 0 Å². The SMILES string of the molecule is OC(CCl)CN1C=CC[N+](CC(O)CCl)=C1.[Cl-]. The van der Waals surface area contributed by atoms with Gasteiger partial charge in [0.05, 0.1) is 18.0 Å².